The van der Waals surface area contributed by atoms with Gasteiger partial charge in [-0.05, 0) is 23.6 Å². The van der Waals surface area contributed by atoms with Crippen LogP contribution in [0, 0.1) is 0 Å². The molecule has 0 bridgehead atoms. The van der Waals surface area contributed by atoms with Crippen LogP contribution in [0.15, 0.2) is 68.6 Å². The molecule has 3 aromatic carbocycles. The zero-order valence-corrected chi connectivity index (χ0v) is 20.1. The second-order valence-electron chi connectivity index (χ2n) is 5.59. The zero-order chi connectivity index (χ0) is 20.7. The second-order valence-corrected chi connectivity index (χ2v) is 8.41. The van der Waals surface area contributed by atoms with Crippen LogP contribution in [0.4, 0.5) is 11.4 Å². The van der Waals surface area contributed by atoms with Gasteiger partial charge in [-0.25, -0.2) is 0 Å². The third-order valence-corrected chi connectivity index (χ3v) is 5.44. The molecule has 3 rings (SSSR count). The monoisotopic (exact) mass is 499 g/mol. The normalized spacial score (nSPS) is 11.8. The van der Waals surface area contributed by atoms with Crippen molar-refractivity contribution in [1.82, 2.24) is 0 Å². The van der Waals surface area contributed by atoms with Crippen molar-refractivity contribution in [2.75, 3.05) is 0 Å². The van der Waals surface area contributed by atoms with Gasteiger partial charge in [0.05, 0.1) is 4.90 Å². The molecule has 30 heavy (non-hydrogen) atoms. The molecule has 0 atom stereocenters. The molecule has 0 amide bonds. The van der Waals surface area contributed by atoms with Crippen LogP contribution in [-0.2, 0) is 37.6 Å². The van der Waals surface area contributed by atoms with Crippen LogP contribution in [0.2, 0.25) is 0 Å². The molecule has 0 aliphatic carbocycles. The molecule has 0 unspecified atom stereocenters. The van der Waals surface area contributed by atoms with Gasteiger partial charge in [-0.3, -0.25) is 9.11 Å². The van der Waals surface area contributed by atoms with Crippen molar-refractivity contribution in [2.24, 2.45) is 10.2 Å². The molecular formula is C16H12CrN2NaO8S2+. The number of azo groups is 1. The quantitative estimate of drug-likeness (QED) is 0.223. The van der Waals surface area contributed by atoms with Gasteiger partial charge in [0.25, 0.3) is 20.2 Å². The van der Waals surface area contributed by atoms with E-state index in [0.717, 1.165) is 0 Å². The Hall–Kier alpha value is -1.53. The van der Waals surface area contributed by atoms with Crippen molar-refractivity contribution in [3.8, 4) is 11.5 Å². The summed E-state index contributed by atoms with van der Waals surface area (Å²) in [7, 11) is -9.93. The summed E-state index contributed by atoms with van der Waals surface area (Å²) in [4.78, 5) is -2.12. The average molecular weight is 499 g/mol. The summed E-state index contributed by atoms with van der Waals surface area (Å²) >= 11 is 0. The third kappa shape index (κ3) is 5.58. The third-order valence-electron chi connectivity index (χ3n) is 3.74. The molecule has 0 heterocycles. The molecule has 0 aliphatic rings. The first-order chi connectivity index (χ1) is 13.0. The minimum Gasteiger partial charge on any atom is -0.506 e. The van der Waals surface area contributed by atoms with Crippen molar-refractivity contribution >= 4 is 42.4 Å². The molecule has 0 aliphatic heterocycles. The van der Waals surface area contributed by atoms with Gasteiger partial charge in [0, 0.05) is 22.7 Å². The molecule has 152 valence electrons. The number of phenols is 2. The Labute approximate surface area is 204 Å². The van der Waals surface area contributed by atoms with E-state index in [1.165, 1.54) is 6.07 Å². The Bertz CT molecular complexity index is 1340. The number of nitrogens with zero attached hydrogens (tertiary/aromatic N) is 2. The fraction of sp³-hybridized carbons (Fsp3) is 0. The number of hydrogen-bond donors (Lipinski definition) is 4. The standard InChI is InChI=1S/C16H12N2O8S2.Cr.Na/c19-13-6-5-9-3-1-2-4-11(9)15(13)18-17-12-7-10(27(21,22)23)8-14(16(12)20)28(24,25)26;;/h1-8,19-20H,(H,21,22,23)(H,24,25,26);;/q;;+1. The van der Waals surface area contributed by atoms with Gasteiger partial charge in [-0.15, -0.1) is 10.2 Å². The maximum absolute atomic E-state index is 11.4. The molecule has 0 fully saturated rings. The molecule has 14 heteroatoms. The van der Waals surface area contributed by atoms with Crippen molar-refractivity contribution in [1.29, 1.82) is 0 Å². The summed E-state index contributed by atoms with van der Waals surface area (Å²) < 4.78 is 63.9. The van der Waals surface area contributed by atoms with Crippen LogP contribution in [-0.4, -0.2) is 36.2 Å². The second kappa shape index (κ2) is 9.73. The van der Waals surface area contributed by atoms with Crippen LogP contribution in [0.25, 0.3) is 10.8 Å². The van der Waals surface area contributed by atoms with E-state index in [1.54, 1.807) is 30.3 Å². The van der Waals surface area contributed by atoms with Gasteiger partial charge >= 0.3 is 29.6 Å². The van der Waals surface area contributed by atoms with Gasteiger partial charge in [-0.1, -0.05) is 30.3 Å². The molecular weight excluding hydrogens is 487 g/mol. The van der Waals surface area contributed by atoms with E-state index in [0.29, 0.717) is 22.9 Å². The first-order valence-electron chi connectivity index (χ1n) is 7.43. The predicted octanol–water partition coefficient (Wildman–Crippen LogP) is 0.161. The van der Waals surface area contributed by atoms with Crippen LogP contribution in [0.3, 0.4) is 0 Å². The molecule has 10 nitrogen and oxygen atoms in total. The summed E-state index contributed by atoms with van der Waals surface area (Å²) in [6.45, 7) is 0. The van der Waals surface area contributed by atoms with Crippen molar-refractivity contribution in [3.05, 3.63) is 48.5 Å². The summed E-state index contributed by atoms with van der Waals surface area (Å²) in [5.41, 5.74) is -0.696. The Morgan fingerprint density at radius 3 is 2.03 bits per heavy atom. The van der Waals surface area contributed by atoms with Crippen molar-refractivity contribution in [2.45, 2.75) is 9.79 Å². The maximum Gasteiger partial charge on any atom is 1.00 e. The maximum atomic E-state index is 11.4. The predicted molar refractivity (Wildman–Crippen MR) is 97.5 cm³/mol. The Balaban J connectivity index is 0.00000225. The molecule has 0 spiro atoms. The Morgan fingerprint density at radius 2 is 1.43 bits per heavy atom. The summed E-state index contributed by atoms with van der Waals surface area (Å²) in [6, 6.07) is 10.8. The minimum atomic E-state index is -5.04. The number of rotatable bonds is 4. The first kappa shape index (κ1) is 26.5. The molecule has 3 aromatic rings. The van der Waals surface area contributed by atoms with E-state index in [-0.39, 0.29) is 58.4 Å². The molecule has 0 radical (unpaired) electrons. The van der Waals surface area contributed by atoms with E-state index in [9.17, 15) is 31.6 Å². The number of benzene rings is 3. The van der Waals surface area contributed by atoms with E-state index >= 15 is 0 Å². The van der Waals surface area contributed by atoms with Crippen LogP contribution in [0.1, 0.15) is 0 Å². The van der Waals surface area contributed by atoms with E-state index in [2.05, 4.69) is 10.2 Å². The van der Waals surface area contributed by atoms with Crippen molar-refractivity contribution in [3.63, 3.8) is 0 Å². The summed E-state index contributed by atoms with van der Waals surface area (Å²) in [6.07, 6.45) is 0. The SMILES string of the molecule is O=S(=O)(O)c1cc(N=Nc2c(O)ccc3ccccc23)c(O)c(S(=O)(=O)O)c1.[Cr].[Na+]. The van der Waals surface area contributed by atoms with E-state index < -0.39 is 41.5 Å². The van der Waals surface area contributed by atoms with Gasteiger partial charge in [-0.2, -0.15) is 16.8 Å². The topological polar surface area (TPSA) is 174 Å². The Kier molecular flexibility index (Phi) is 8.60. The van der Waals surface area contributed by atoms with Crippen molar-refractivity contribution < 1.29 is 83.1 Å². The number of fused-ring (bicyclic) bond motifs is 1. The average Bonchev–Trinajstić information content (AvgIpc) is 2.60. The summed E-state index contributed by atoms with van der Waals surface area (Å²) in [5, 5.41) is 28.6. The van der Waals surface area contributed by atoms with Gasteiger partial charge in [0.2, 0.25) is 0 Å². The van der Waals surface area contributed by atoms with Crippen LogP contribution >= 0.6 is 0 Å². The van der Waals surface area contributed by atoms with Gasteiger partial charge < -0.3 is 10.2 Å². The molecule has 0 saturated carbocycles. The number of aromatic hydroxyl groups is 2. The zero-order valence-electron chi connectivity index (χ0n) is 15.2. The largest absolute Gasteiger partial charge is 1.00 e. The minimum absolute atomic E-state index is 0. The fourth-order valence-electron chi connectivity index (χ4n) is 2.44. The molecule has 0 saturated heterocycles. The Morgan fingerprint density at radius 1 is 0.800 bits per heavy atom. The first-order valence-corrected chi connectivity index (χ1v) is 10.3. The van der Waals surface area contributed by atoms with Gasteiger partial charge in [0.15, 0.2) is 5.75 Å². The smallest absolute Gasteiger partial charge is 0.506 e. The fourth-order valence-corrected chi connectivity index (χ4v) is 3.67. The number of hydrogen-bond acceptors (Lipinski definition) is 8. The number of phenolic OH excluding ortho intramolecular Hbond substituents is 2. The van der Waals surface area contributed by atoms with Gasteiger partial charge in [0.1, 0.15) is 22.0 Å². The summed E-state index contributed by atoms with van der Waals surface area (Å²) in [5.74, 6) is -1.36. The van der Waals surface area contributed by atoms with E-state index in [1.807, 2.05) is 0 Å². The molecule has 0 aromatic heterocycles. The van der Waals surface area contributed by atoms with E-state index in [4.69, 9.17) is 4.55 Å². The van der Waals surface area contributed by atoms with Crippen LogP contribution < -0.4 is 29.6 Å². The van der Waals surface area contributed by atoms with Crippen LogP contribution in [0.5, 0.6) is 11.5 Å². The molecule has 4 N–H and O–H groups in total.